The van der Waals surface area contributed by atoms with Gasteiger partial charge in [0.1, 0.15) is 0 Å². The molecular weight excluding hydrogens is 504 g/mol. The average Bonchev–Trinajstić information content (AvgIpc) is 3.26. The number of anilines is 1. The fraction of sp³-hybridized carbons (Fsp3) is 0.429. The maximum atomic E-state index is 11.1. The van der Waals surface area contributed by atoms with Crippen LogP contribution in [-0.4, -0.2) is 82.2 Å². The zero-order chi connectivity index (χ0) is 25.9. The highest BCUT2D eigenvalue weighted by molar-refractivity contribution is 7.80. The number of nitrogens with zero attached hydrogens (tertiary/aromatic N) is 5. The van der Waals surface area contributed by atoms with Crippen LogP contribution in [0.4, 0.5) is 5.69 Å². The lowest BCUT2D eigenvalue weighted by Gasteiger charge is -2.37. The van der Waals surface area contributed by atoms with Gasteiger partial charge in [-0.1, -0.05) is 41.9 Å². The Hall–Kier alpha value is -2.65. The van der Waals surface area contributed by atoms with Crippen molar-refractivity contribution in [3.63, 3.8) is 0 Å². The molecule has 0 bridgehead atoms. The van der Waals surface area contributed by atoms with Crippen LogP contribution in [-0.2, 0) is 19.5 Å². The Kier molecular flexibility index (Phi) is 8.00. The first kappa shape index (κ1) is 26.0. The highest BCUT2D eigenvalue weighted by atomic mass is 35.5. The van der Waals surface area contributed by atoms with Crippen LogP contribution in [0.15, 0.2) is 48.5 Å². The topological polar surface area (TPSA) is 59.8 Å². The minimum Gasteiger partial charge on any atom is -0.390 e. The molecule has 5 rings (SSSR count). The van der Waals surface area contributed by atoms with Crippen LogP contribution in [0.3, 0.4) is 0 Å². The molecule has 0 radical (unpaired) electrons. The van der Waals surface area contributed by atoms with Gasteiger partial charge in [-0.3, -0.25) is 9.58 Å². The van der Waals surface area contributed by atoms with Gasteiger partial charge in [0.25, 0.3) is 0 Å². The number of aliphatic hydroxyl groups is 1. The van der Waals surface area contributed by atoms with Gasteiger partial charge in [-0.25, -0.2) is 0 Å². The molecule has 196 valence electrons. The maximum Gasteiger partial charge on any atom is 0.168 e. The number of hydrogen-bond acceptors (Lipinski definition) is 5. The summed E-state index contributed by atoms with van der Waals surface area (Å²) < 4.78 is 2.02. The Balaban J connectivity index is 1.28. The van der Waals surface area contributed by atoms with Crippen molar-refractivity contribution in [2.75, 3.05) is 51.2 Å². The number of aliphatic hydroxyl groups excluding tert-OH is 1. The number of halogens is 1. The molecule has 3 heterocycles. The Morgan fingerprint density at radius 1 is 1.05 bits per heavy atom. The highest BCUT2D eigenvalue weighted by Gasteiger charge is 2.28. The summed E-state index contributed by atoms with van der Waals surface area (Å²) in [7, 11) is 1.86. The number of aromatic nitrogens is 2. The third-order valence-corrected chi connectivity index (χ3v) is 8.15. The Bertz CT molecular complexity index is 1240. The molecule has 0 amide bonds. The molecule has 2 aliphatic rings. The maximum absolute atomic E-state index is 11.1. The van der Waals surface area contributed by atoms with E-state index in [1.54, 1.807) is 0 Å². The Labute approximate surface area is 229 Å². The predicted molar refractivity (Wildman–Crippen MR) is 154 cm³/mol. The third-order valence-electron chi connectivity index (χ3n) is 7.43. The van der Waals surface area contributed by atoms with Crippen LogP contribution in [0.2, 0.25) is 5.02 Å². The van der Waals surface area contributed by atoms with E-state index in [9.17, 15) is 5.11 Å². The molecule has 2 N–H and O–H groups in total. The molecule has 2 aromatic carbocycles. The van der Waals surface area contributed by atoms with Gasteiger partial charge in [0.2, 0.25) is 0 Å². The van der Waals surface area contributed by atoms with Crippen LogP contribution >= 0.6 is 23.8 Å². The molecule has 1 atom stereocenters. The smallest absolute Gasteiger partial charge is 0.168 e. The summed E-state index contributed by atoms with van der Waals surface area (Å²) in [6.07, 6.45) is 0.336. The molecule has 9 heteroatoms. The SMILES string of the molecule is CNC(=S)N1CCc2c(c(-c3ccc(Cl)cc3)nn2CC(O)CN2CCN(c3ccccc3C)CC2)C1. The first-order chi connectivity index (χ1) is 17.9. The second-order valence-corrected chi connectivity index (χ2v) is 10.7. The number of para-hydroxylation sites is 1. The number of piperazine rings is 1. The summed E-state index contributed by atoms with van der Waals surface area (Å²) in [5, 5.41) is 20.6. The van der Waals surface area contributed by atoms with E-state index in [1.807, 2.05) is 36.0 Å². The minimum atomic E-state index is -0.497. The number of rotatable bonds is 6. The van der Waals surface area contributed by atoms with E-state index < -0.39 is 6.10 Å². The van der Waals surface area contributed by atoms with Crippen molar-refractivity contribution in [1.82, 2.24) is 24.9 Å². The fourth-order valence-electron chi connectivity index (χ4n) is 5.46. The minimum absolute atomic E-state index is 0.477. The Morgan fingerprint density at radius 3 is 2.49 bits per heavy atom. The predicted octanol–water partition coefficient (Wildman–Crippen LogP) is 3.56. The van der Waals surface area contributed by atoms with Gasteiger partial charge in [-0.2, -0.15) is 5.10 Å². The number of benzene rings is 2. The van der Waals surface area contributed by atoms with Gasteiger partial charge in [0.15, 0.2) is 5.11 Å². The molecular formula is C28H35ClN6OS. The number of aryl methyl sites for hydroxylation is 1. The molecule has 0 saturated carbocycles. The van der Waals surface area contributed by atoms with Crippen molar-refractivity contribution in [3.8, 4) is 11.3 Å². The van der Waals surface area contributed by atoms with Crippen molar-refractivity contribution in [3.05, 3.63) is 70.4 Å². The van der Waals surface area contributed by atoms with Crippen LogP contribution < -0.4 is 10.2 Å². The molecule has 0 aliphatic carbocycles. The molecule has 0 spiro atoms. The lowest BCUT2D eigenvalue weighted by atomic mass is 10.0. The molecule has 1 aromatic heterocycles. The number of β-amino-alcohol motifs (C(OH)–C–C–N with tert-alkyl or cyclic N) is 1. The summed E-state index contributed by atoms with van der Waals surface area (Å²) in [4.78, 5) is 6.98. The van der Waals surface area contributed by atoms with Gasteiger partial charge in [0.05, 0.1) is 18.3 Å². The van der Waals surface area contributed by atoms with Crippen LogP contribution in [0.5, 0.6) is 0 Å². The van der Waals surface area contributed by atoms with Gasteiger partial charge >= 0.3 is 0 Å². The normalized spacial score (nSPS) is 17.0. The van der Waals surface area contributed by atoms with Gasteiger partial charge in [-0.05, 0) is 42.9 Å². The summed E-state index contributed by atoms with van der Waals surface area (Å²) >= 11 is 11.7. The quantitative estimate of drug-likeness (QED) is 0.465. The van der Waals surface area contributed by atoms with Gasteiger partial charge in [0, 0.05) is 86.8 Å². The summed E-state index contributed by atoms with van der Waals surface area (Å²) in [6.45, 7) is 8.63. The second kappa shape index (κ2) is 11.4. The zero-order valence-electron chi connectivity index (χ0n) is 21.5. The van der Waals surface area contributed by atoms with E-state index in [4.69, 9.17) is 28.9 Å². The van der Waals surface area contributed by atoms with Crippen LogP contribution in [0.1, 0.15) is 16.8 Å². The van der Waals surface area contributed by atoms with E-state index in [-0.39, 0.29) is 0 Å². The number of fused-ring (bicyclic) bond motifs is 1. The standard InChI is InChI=1S/C28H35ClN6OS/c1-20-5-3-4-6-25(20)33-15-13-32(14-16-33)17-23(36)18-35-26-11-12-34(28(37)30-2)19-24(26)27(31-35)21-7-9-22(29)10-8-21/h3-10,23,36H,11-19H2,1-2H3,(H,30,37). The number of nitrogens with one attached hydrogen (secondary N) is 1. The first-order valence-electron chi connectivity index (χ1n) is 12.9. The first-order valence-corrected chi connectivity index (χ1v) is 13.7. The second-order valence-electron chi connectivity index (χ2n) is 9.92. The molecule has 1 fully saturated rings. The largest absolute Gasteiger partial charge is 0.390 e. The summed E-state index contributed by atoms with van der Waals surface area (Å²) in [6, 6.07) is 16.4. The zero-order valence-corrected chi connectivity index (χ0v) is 23.1. The van der Waals surface area contributed by atoms with E-state index in [1.165, 1.54) is 22.5 Å². The van der Waals surface area contributed by atoms with Crippen molar-refractivity contribution < 1.29 is 5.11 Å². The molecule has 1 unspecified atom stereocenters. The van der Waals surface area contributed by atoms with E-state index in [0.29, 0.717) is 24.7 Å². The van der Waals surface area contributed by atoms with E-state index in [0.717, 1.165) is 55.5 Å². The van der Waals surface area contributed by atoms with Crippen molar-refractivity contribution in [2.45, 2.75) is 32.5 Å². The number of thiocarbonyl (C=S) groups is 1. The van der Waals surface area contributed by atoms with Gasteiger partial charge in [-0.15, -0.1) is 0 Å². The highest BCUT2D eigenvalue weighted by Crippen LogP contribution is 2.31. The van der Waals surface area contributed by atoms with E-state index in [2.05, 4.69) is 51.2 Å². The van der Waals surface area contributed by atoms with Gasteiger partial charge < -0.3 is 20.2 Å². The third kappa shape index (κ3) is 5.77. The lowest BCUT2D eigenvalue weighted by molar-refractivity contribution is 0.0911. The van der Waals surface area contributed by atoms with Crippen LogP contribution in [0.25, 0.3) is 11.3 Å². The fourth-order valence-corrected chi connectivity index (χ4v) is 5.74. The van der Waals surface area contributed by atoms with Crippen molar-refractivity contribution >= 4 is 34.6 Å². The monoisotopic (exact) mass is 538 g/mol. The molecule has 2 aliphatic heterocycles. The molecule has 1 saturated heterocycles. The molecule has 3 aromatic rings. The van der Waals surface area contributed by atoms with E-state index >= 15 is 0 Å². The van der Waals surface area contributed by atoms with Crippen LogP contribution in [0, 0.1) is 6.92 Å². The van der Waals surface area contributed by atoms with Crippen molar-refractivity contribution in [2.24, 2.45) is 0 Å². The summed E-state index contributed by atoms with van der Waals surface area (Å²) in [5.41, 5.74) is 6.94. The average molecular weight is 539 g/mol. The van der Waals surface area contributed by atoms with Crippen molar-refractivity contribution in [1.29, 1.82) is 0 Å². The lowest BCUT2D eigenvalue weighted by Crippen LogP contribution is -2.49. The Morgan fingerprint density at radius 2 is 1.78 bits per heavy atom. The number of hydrogen-bond donors (Lipinski definition) is 2. The summed E-state index contributed by atoms with van der Waals surface area (Å²) in [5.74, 6) is 0. The molecule has 7 nitrogen and oxygen atoms in total. The molecule has 37 heavy (non-hydrogen) atoms.